The van der Waals surface area contributed by atoms with Crippen molar-refractivity contribution < 1.29 is 17.2 Å². The molecule has 1 atom stereocenters. The van der Waals surface area contributed by atoms with E-state index in [1.165, 1.54) is 30.3 Å². The molecule has 1 unspecified atom stereocenters. The van der Waals surface area contributed by atoms with Crippen molar-refractivity contribution in [1.82, 2.24) is 4.98 Å². The van der Waals surface area contributed by atoms with Crippen LogP contribution in [0.1, 0.15) is 50.0 Å². The zero-order valence-corrected chi connectivity index (χ0v) is 17.8. The molecule has 0 amide bonds. The summed E-state index contributed by atoms with van der Waals surface area (Å²) in [6.07, 6.45) is 6.71. The molecule has 2 saturated carbocycles. The third-order valence-corrected chi connectivity index (χ3v) is 9.23. The average molecular weight is 443 g/mol. The van der Waals surface area contributed by atoms with Gasteiger partial charge in [-0.25, -0.2) is 17.2 Å². The Labute approximate surface area is 180 Å². The molecular formula is C24H24F2N2O2S. The minimum atomic E-state index is -3.55. The van der Waals surface area contributed by atoms with Crippen molar-refractivity contribution in [2.75, 3.05) is 4.72 Å². The molecule has 1 heterocycles. The normalized spacial score (nSPS) is 26.0. The first-order valence-electron chi connectivity index (χ1n) is 10.7. The van der Waals surface area contributed by atoms with Crippen molar-refractivity contribution >= 4 is 26.6 Å². The van der Waals surface area contributed by atoms with E-state index < -0.39 is 21.1 Å². The predicted octanol–water partition coefficient (Wildman–Crippen LogP) is 5.76. The third-order valence-electron chi connectivity index (χ3n) is 7.22. The molecule has 2 aliphatic rings. The molecular weight excluding hydrogens is 418 g/mol. The van der Waals surface area contributed by atoms with Gasteiger partial charge in [0.05, 0.1) is 10.8 Å². The van der Waals surface area contributed by atoms with Crippen molar-refractivity contribution in [3.05, 3.63) is 71.9 Å². The first-order chi connectivity index (χ1) is 14.9. The molecule has 0 saturated heterocycles. The Morgan fingerprint density at radius 1 is 0.903 bits per heavy atom. The van der Waals surface area contributed by atoms with Crippen LogP contribution in [-0.4, -0.2) is 18.7 Å². The maximum atomic E-state index is 13.8. The van der Waals surface area contributed by atoms with Crippen molar-refractivity contribution in [2.24, 2.45) is 5.41 Å². The van der Waals surface area contributed by atoms with Gasteiger partial charge in [0.2, 0.25) is 10.0 Å². The number of fused-ring (bicyclic) bond motifs is 1. The SMILES string of the molecule is O=S(=O)(Nc1ccc(F)cc1)C1CCC12CCC(c1ccnc3ccc(F)cc13)CC2. The number of anilines is 1. The van der Waals surface area contributed by atoms with Gasteiger partial charge in [0.1, 0.15) is 11.6 Å². The molecule has 31 heavy (non-hydrogen) atoms. The molecule has 2 aromatic carbocycles. The number of sulfonamides is 1. The van der Waals surface area contributed by atoms with E-state index in [4.69, 9.17) is 0 Å². The molecule has 1 N–H and O–H groups in total. The molecule has 0 radical (unpaired) electrons. The number of rotatable bonds is 4. The standard InChI is InChI=1S/C24H24F2N2O2S/c25-17-1-4-19(5-2-17)28-31(29,30)23-9-13-24(23)11-7-16(8-12-24)20-10-14-27-22-6-3-18(26)15-21(20)22/h1-6,10,14-16,23,28H,7-9,11-13H2. The Bertz CT molecular complexity index is 1220. The van der Waals surface area contributed by atoms with Gasteiger partial charge in [0.15, 0.2) is 0 Å². The van der Waals surface area contributed by atoms with Crippen LogP contribution >= 0.6 is 0 Å². The molecule has 2 fully saturated rings. The Morgan fingerprint density at radius 2 is 1.58 bits per heavy atom. The molecule has 1 spiro atoms. The Hall–Kier alpha value is -2.54. The number of nitrogens with one attached hydrogen (secondary N) is 1. The summed E-state index contributed by atoms with van der Waals surface area (Å²) >= 11 is 0. The van der Waals surface area contributed by atoms with Crippen LogP contribution in [0.2, 0.25) is 0 Å². The largest absolute Gasteiger partial charge is 0.283 e. The van der Waals surface area contributed by atoms with E-state index in [1.54, 1.807) is 18.3 Å². The summed E-state index contributed by atoms with van der Waals surface area (Å²) in [7, 11) is -3.55. The first-order valence-corrected chi connectivity index (χ1v) is 12.2. The van der Waals surface area contributed by atoms with Crippen LogP contribution in [-0.2, 0) is 10.0 Å². The zero-order valence-electron chi connectivity index (χ0n) is 17.0. The average Bonchev–Trinajstić information content (AvgIpc) is 2.74. The lowest BCUT2D eigenvalue weighted by atomic mass is 9.58. The predicted molar refractivity (Wildman–Crippen MR) is 117 cm³/mol. The number of hydrogen-bond acceptors (Lipinski definition) is 3. The van der Waals surface area contributed by atoms with E-state index in [0.717, 1.165) is 48.6 Å². The number of benzene rings is 2. The monoisotopic (exact) mass is 442 g/mol. The number of nitrogens with zero attached hydrogens (tertiary/aromatic N) is 1. The van der Waals surface area contributed by atoms with Gasteiger partial charge in [-0.05, 0) is 104 Å². The Kier molecular flexibility index (Phi) is 4.96. The lowest BCUT2D eigenvalue weighted by Gasteiger charge is -2.52. The van der Waals surface area contributed by atoms with E-state index >= 15 is 0 Å². The molecule has 0 bridgehead atoms. The quantitative estimate of drug-likeness (QED) is 0.559. The number of hydrogen-bond donors (Lipinski definition) is 1. The molecule has 3 aromatic rings. The van der Waals surface area contributed by atoms with E-state index in [0.29, 0.717) is 12.1 Å². The van der Waals surface area contributed by atoms with Gasteiger partial charge in [-0.3, -0.25) is 9.71 Å². The highest BCUT2D eigenvalue weighted by Gasteiger charge is 2.54. The Morgan fingerprint density at radius 3 is 2.26 bits per heavy atom. The minimum absolute atomic E-state index is 0.212. The number of halogens is 2. The molecule has 4 nitrogen and oxygen atoms in total. The van der Waals surface area contributed by atoms with Crippen LogP contribution in [0.3, 0.4) is 0 Å². The smallest absolute Gasteiger partial charge is 0.236 e. The highest BCUT2D eigenvalue weighted by atomic mass is 32.2. The summed E-state index contributed by atoms with van der Waals surface area (Å²) in [5, 5.41) is 0.414. The van der Waals surface area contributed by atoms with Crippen molar-refractivity contribution in [2.45, 2.75) is 49.7 Å². The summed E-state index contributed by atoms with van der Waals surface area (Å²) in [6, 6.07) is 12.0. The summed E-state index contributed by atoms with van der Waals surface area (Å²) < 4.78 is 55.7. The fraction of sp³-hybridized carbons (Fsp3) is 0.375. The molecule has 1 aromatic heterocycles. The second-order valence-electron chi connectivity index (χ2n) is 8.88. The van der Waals surface area contributed by atoms with Crippen LogP contribution in [0.25, 0.3) is 10.9 Å². The lowest BCUT2D eigenvalue weighted by Crippen LogP contribution is -2.52. The third kappa shape index (κ3) is 3.69. The summed E-state index contributed by atoms with van der Waals surface area (Å²) in [5.74, 6) is -0.400. The van der Waals surface area contributed by atoms with Gasteiger partial charge in [-0.15, -0.1) is 0 Å². The molecule has 7 heteroatoms. The van der Waals surface area contributed by atoms with Crippen molar-refractivity contribution in [1.29, 1.82) is 0 Å². The number of pyridine rings is 1. The number of aromatic nitrogens is 1. The van der Waals surface area contributed by atoms with Crippen LogP contribution < -0.4 is 4.72 Å². The van der Waals surface area contributed by atoms with Gasteiger partial charge in [-0.1, -0.05) is 0 Å². The molecule has 2 aliphatic carbocycles. The second-order valence-corrected chi connectivity index (χ2v) is 10.7. The maximum absolute atomic E-state index is 13.8. The Balaban J connectivity index is 1.33. The fourth-order valence-corrected chi connectivity index (χ4v) is 7.53. The zero-order chi connectivity index (χ0) is 21.6. The van der Waals surface area contributed by atoms with Gasteiger partial charge in [0, 0.05) is 17.3 Å². The summed E-state index contributed by atoms with van der Waals surface area (Å²) in [5.41, 5.74) is 2.06. The lowest BCUT2D eigenvalue weighted by molar-refractivity contribution is 0.0752. The molecule has 5 rings (SSSR count). The highest BCUT2D eigenvalue weighted by molar-refractivity contribution is 7.93. The van der Waals surface area contributed by atoms with E-state index in [-0.39, 0.29) is 17.2 Å². The minimum Gasteiger partial charge on any atom is -0.283 e. The summed E-state index contributed by atoms with van der Waals surface area (Å²) in [4.78, 5) is 4.35. The maximum Gasteiger partial charge on any atom is 0.236 e. The fourth-order valence-electron chi connectivity index (χ4n) is 5.48. The van der Waals surface area contributed by atoms with E-state index in [9.17, 15) is 17.2 Å². The highest BCUT2D eigenvalue weighted by Crippen LogP contribution is 2.57. The van der Waals surface area contributed by atoms with Gasteiger partial charge < -0.3 is 0 Å². The van der Waals surface area contributed by atoms with E-state index in [2.05, 4.69) is 9.71 Å². The van der Waals surface area contributed by atoms with Gasteiger partial charge in [0.25, 0.3) is 0 Å². The molecule has 0 aliphatic heterocycles. The first kappa shape index (κ1) is 20.4. The second kappa shape index (κ2) is 7.55. The van der Waals surface area contributed by atoms with Gasteiger partial charge in [-0.2, -0.15) is 0 Å². The van der Waals surface area contributed by atoms with Crippen molar-refractivity contribution in [3.63, 3.8) is 0 Å². The molecule has 162 valence electrons. The van der Waals surface area contributed by atoms with Crippen LogP contribution in [0.15, 0.2) is 54.7 Å². The van der Waals surface area contributed by atoms with E-state index in [1.807, 2.05) is 6.07 Å². The van der Waals surface area contributed by atoms with Crippen LogP contribution in [0.4, 0.5) is 14.5 Å². The van der Waals surface area contributed by atoms with Crippen LogP contribution in [0.5, 0.6) is 0 Å². The van der Waals surface area contributed by atoms with Gasteiger partial charge >= 0.3 is 0 Å². The topological polar surface area (TPSA) is 59.1 Å². The summed E-state index contributed by atoms with van der Waals surface area (Å²) in [6.45, 7) is 0. The van der Waals surface area contributed by atoms with Crippen molar-refractivity contribution in [3.8, 4) is 0 Å². The van der Waals surface area contributed by atoms with Crippen LogP contribution in [0, 0.1) is 17.0 Å².